The second-order valence-electron chi connectivity index (χ2n) is 3.56. The smallest absolute Gasteiger partial charge is 0.311 e. The molecule has 0 aliphatic carbocycles. The van der Waals surface area contributed by atoms with E-state index in [1.54, 1.807) is 19.1 Å². The van der Waals surface area contributed by atoms with Crippen LogP contribution in [-0.4, -0.2) is 14.9 Å². The summed E-state index contributed by atoms with van der Waals surface area (Å²) in [4.78, 5) is 18.1. The van der Waals surface area contributed by atoms with Crippen LogP contribution < -0.4 is 10.5 Å². The van der Waals surface area contributed by atoms with E-state index >= 15 is 0 Å². The molecule has 2 aromatic rings. The lowest BCUT2D eigenvalue weighted by Gasteiger charge is -2.07. The molecule has 1 heterocycles. The number of rotatable bonds is 3. The third-order valence-electron chi connectivity index (χ3n) is 2.23. The van der Waals surface area contributed by atoms with Crippen molar-refractivity contribution in [3.05, 3.63) is 46.3 Å². The number of nitro benzene ring substituents is 1. The zero-order valence-corrected chi connectivity index (χ0v) is 9.53. The number of ether oxygens (including phenoxy) is 1. The van der Waals surface area contributed by atoms with E-state index in [4.69, 9.17) is 10.5 Å². The van der Waals surface area contributed by atoms with Crippen LogP contribution in [0, 0.1) is 17.0 Å². The lowest BCUT2D eigenvalue weighted by atomic mass is 10.2. The summed E-state index contributed by atoms with van der Waals surface area (Å²) in [6.07, 6.45) is 2.70. The van der Waals surface area contributed by atoms with Crippen LogP contribution in [0.5, 0.6) is 11.6 Å². The molecule has 18 heavy (non-hydrogen) atoms. The van der Waals surface area contributed by atoms with Crippen LogP contribution in [0.15, 0.2) is 30.6 Å². The van der Waals surface area contributed by atoms with Gasteiger partial charge in [0.2, 0.25) is 11.6 Å². The van der Waals surface area contributed by atoms with Crippen molar-refractivity contribution in [3.63, 3.8) is 0 Å². The molecule has 0 bridgehead atoms. The first-order valence-electron chi connectivity index (χ1n) is 5.07. The number of nitrogens with zero attached hydrogens (tertiary/aromatic N) is 3. The molecule has 0 atom stereocenters. The Morgan fingerprint density at radius 3 is 2.83 bits per heavy atom. The summed E-state index contributed by atoms with van der Waals surface area (Å²) in [6, 6.07) is 4.66. The zero-order valence-electron chi connectivity index (χ0n) is 9.53. The van der Waals surface area contributed by atoms with Gasteiger partial charge in [0, 0.05) is 6.07 Å². The van der Waals surface area contributed by atoms with Crippen molar-refractivity contribution in [3.8, 4) is 11.6 Å². The quantitative estimate of drug-likeness (QED) is 0.656. The van der Waals surface area contributed by atoms with E-state index in [1.807, 2.05) is 0 Å². The molecule has 2 N–H and O–H groups in total. The van der Waals surface area contributed by atoms with Crippen molar-refractivity contribution in [2.45, 2.75) is 6.92 Å². The highest BCUT2D eigenvalue weighted by atomic mass is 16.6. The second-order valence-corrected chi connectivity index (χ2v) is 3.56. The minimum absolute atomic E-state index is 0.118. The van der Waals surface area contributed by atoms with Crippen LogP contribution >= 0.6 is 0 Å². The number of hydrogen-bond acceptors (Lipinski definition) is 6. The van der Waals surface area contributed by atoms with Crippen molar-refractivity contribution in [1.29, 1.82) is 0 Å². The molecule has 0 aliphatic rings. The Kier molecular flexibility index (Phi) is 3.05. The highest BCUT2D eigenvalue weighted by Gasteiger charge is 2.18. The maximum absolute atomic E-state index is 10.9. The van der Waals surface area contributed by atoms with Gasteiger partial charge in [-0.25, -0.2) is 0 Å². The monoisotopic (exact) mass is 246 g/mol. The van der Waals surface area contributed by atoms with E-state index < -0.39 is 4.92 Å². The third kappa shape index (κ3) is 2.34. The normalized spacial score (nSPS) is 10.1. The maximum atomic E-state index is 10.9. The molecule has 0 saturated heterocycles. The van der Waals surface area contributed by atoms with Crippen molar-refractivity contribution >= 4 is 11.5 Å². The van der Waals surface area contributed by atoms with Crippen LogP contribution in [0.2, 0.25) is 0 Å². The molecule has 0 aliphatic heterocycles. The minimum Gasteiger partial charge on any atom is -0.430 e. The number of aromatic nitrogens is 2. The molecule has 0 fully saturated rings. The Balaban J connectivity index is 2.42. The minimum atomic E-state index is -0.512. The number of para-hydroxylation sites is 1. The van der Waals surface area contributed by atoms with Gasteiger partial charge in [0.15, 0.2) is 0 Å². The molecular weight excluding hydrogens is 236 g/mol. The van der Waals surface area contributed by atoms with Gasteiger partial charge >= 0.3 is 5.69 Å². The van der Waals surface area contributed by atoms with E-state index in [0.29, 0.717) is 5.56 Å². The third-order valence-corrected chi connectivity index (χ3v) is 2.23. The number of benzene rings is 1. The molecule has 0 saturated carbocycles. The van der Waals surface area contributed by atoms with Crippen LogP contribution in [0.25, 0.3) is 0 Å². The summed E-state index contributed by atoms with van der Waals surface area (Å²) < 4.78 is 5.39. The standard InChI is InChI=1S/C11H10N4O3/c1-7-3-2-4-8(15(16)17)11(7)18-10-6-13-5-9(12)14-10/h2-6H,1H3,(H2,12,14). The van der Waals surface area contributed by atoms with Crippen molar-refractivity contribution in [1.82, 2.24) is 9.97 Å². The molecule has 1 aromatic heterocycles. The topological polar surface area (TPSA) is 104 Å². The Hall–Kier alpha value is -2.70. The summed E-state index contributed by atoms with van der Waals surface area (Å²) in [5.74, 6) is 0.443. The van der Waals surface area contributed by atoms with Gasteiger partial charge in [0.05, 0.1) is 17.3 Å². The van der Waals surface area contributed by atoms with Gasteiger partial charge in [-0.05, 0) is 12.5 Å². The van der Waals surface area contributed by atoms with Crippen molar-refractivity contribution in [2.24, 2.45) is 0 Å². The zero-order chi connectivity index (χ0) is 13.1. The van der Waals surface area contributed by atoms with Gasteiger partial charge in [-0.1, -0.05) is 12.1 Å². The van der Waals surface area contributed by atoms with E-state index in [0.717, 1.165) is 0 Å². The Morgan fingerprint density at radius 2 is 2.17 bits per heavy atom. The average molecular weight is 246 g/mol. The van der Waals surface area contributed by atoms with Crippen molar-refractivity contribution in [2.75, 3.05) is 5.73 Å². The van der Waals surface area contributed by atoms with E-state index in [2.05, 4.69) is 9.97 Å². The molecule has 0 amide bonds. The lowest BCUT2D eigenvalue weighted by molar-refractivity contribution is -0.385. The van der Waals surface area contributed by atoms with E-state index in [-0.39, 0.29) is 23.1 Å². The lowest BCUT2D eigenvalue weighted by Crippen LogP contribution is -1.98. The fourth-order valence-corrected chi connectivity index (χ4v) is 1.43. The summed E-state index contributed by atoms with van der Waals surface area (Å²) in [6.45, 7) is 1.71. The molecule has 7 heteroatoms. The number of aryl methyl sites for hydroxylation is 1. The van der Waals surface area contributed by atoms with Gasteiger partial charge in [-0.2, -0.15) is 4.98 Å². The highest BCUT2D eigenvalue weighted by molar-refractivity contribution is 5.52. The summed E-state index contributed by atoms with van der Waals surface area (Å²) in [7, 11) is 0. The molecule has 2 rings (SSSR count). The maximum Gasteiger partial charge on any atom is 0.311 e. The Bertz CT molecular complexity index is 601. The predicted octanol–water partition coefficient (Wildman–Crippen LogP) is 2.07. The van der Waals surface area contributed by atoms with E-state index in [1.165, 1.54) is 18.5 Å². The number of nitrogens with two attached hydrogens (primary N) is 1. The van der Waals surface area contributed by atoms with Crippen LogP contribution in [-0.2, 0) is 0 Å². The van der Waals surface area contributed by atoms with Gasteiger partial charge in [0.1, 0.15) is 5.82 Å². The van der Waals surface area contributed by atoms with Gasteiger partial charge in [-0.3, -0.25) is 15.1 Å². The number of hydrogen-bond donors (Lipinski definition) is 1. The van der Waals surface area contributed by atoms with Gasteiger partial charge in [0.25, 0.3) is 0 Å². The first-order valence-corrected chi connectivity index (χ1v) is 5.07. The van der Waals surface area contributed by atoms with Gasteiger partial charge < -0.3 is 10.5 Å². The largest absolute Gasteiger partial charge is 0.430 e. The fourth-order valence-electron chi connectivity index (χ4n) is 1.43. The van der Waals surface area contributed by atoms with Gasteiger partial charge in [-0.15, -0.1) is 0 Å². The molecule has 0 unspecified atom stereocenters. The number of nitrogen functional groups attached to an aromatic ring is 1. The predicted molar refractivity (Wildman–Crippen MR) is 64.4 cm³/mol. The Labute approximate surface area is 102 Å². The average Bonchev–Trinajstić information content (AvgIpc) is 2.31. The summed E-state index contributed by atoms with van der Waals surface area (Å²) in [5, 5.41) is 10.9. The Morgan fingerprint density at radius 1 is 1.39 bits per heavy atom. The fraction of sp³-hybridized carbons (Fsp3) is 0.0909. The second kappa shape index (κ2) is 4.66. The van der Waals surface area contributed by atoms with Crippen LogP contribution in [0.1, 0.15) is 5.56 Å². The summed E-state index contributed by atoms with van der Waals surface area (Å²) in [5.41, 5.74) is 5.97. The summed E-state index contributed by atoms with van der Waals surface area (Å²) >= 11 is 0. The molecule has 92 valence electrons. The molecule has 0 spiro atoms. The van der Waals surface area contributed by atoms with Crippen LogP contribution in [0.4, 0.5) is 11.5 Å². The molecule has 0 radical (unpaired) electrons. The number of nitro groups is 1. The molecular formula is C11H10N4O3. The molecule has 1 aromatic carbocycles. The van der Waals surface area contributed by atoms with E-state index in [9.17, 15) is 10.1 Å². The van der Waals surface area contributed by atoms with Crippen molar-refractivity contribution < 1.29 is 9.66 Å². The first kappa shape index (κ1) is 11.8. The first-order chi connectivity index (χ1) is 8.58. The molecule has 7 nitrogen and oxygen atoms in total. The van der Waals surface area contributed by atoms with Crippen LogP contribution in [0.3, 0.4) is 0 Å². The highest BCUT2D eigenvalue weighted by Crippen LogP contribution is 2.33. The SMILES string of the molecule is Cc1cccc([N+](=O)[O-])c1Oc1cncc(N)n1. The number of anilines is 1.